The maximum absolute atomic E-state index is 12.9. The second-order valence-corrected chi connectivity index (χ2v) is 5.55. The summed E-state index contributed by atoms with van der Waals surface area (Å²) in [5.74, 6) is -0.121. The average molecular weight is 268 g/mol. The first-order valence-corrected chi connectivity index (χ1v) is 7.01. The van der Waals surface area contributed by atoms with Crippen LogP contribution in [0.3, 0.4) is 0 Å². The fourth-order valence-corrected chi connectivity index (χ4v) is 3.42. The van der Waals surface area contributed by atoms with E-state index in [0.29, 0.717) is 31.4 Å². The van der Waals surface area contributed by atoms with Crippen LogP contribution in [-0.4, -0.2) is 17.7 Å². The van der Waals surface area contributed by atoms with Crippen molar-refractivity contribution in [2.45, 2.75) is 38.1 Å². The zero-order valence-corrected chi connectivity index (χ0v) is 11.2. The molecule has 1 saturated carbocycles. The smallest absolute Gasteiger partial charge is 0.241 e. The number of carbonyl (C=O) groups excluding carboxylic acids is 2. The summed E-state index contributed by atoms with van der Waals surface area (Å²) >= 11 is 0. The van der Waals surface area contributed by atoms with E-state index in [1.54, 1.807) is 0 Å². The lowest BCUT2D eigenvalue weighted by atomic mass is 9.74. The highest BCUT2D eigenvalue weighted by atomic mass is 16.2. The molecule has 0 radical (unpaired) electrons. The molecule has 1 aliphatic heterocycles. The van der Waals surface area contributed by atoms with Gasteiger partial charge in [-0.15, -0.1) is 0 Å². The van der Waals surface area contributed by atoms with Crippen LogP contribution in [0.1, 0.15) is 32.1 Å². The monoisotopic (exact) mass is 268 g/mol. The van der Waals surface area contributed by atoms with E-state index in [0.717, 1.165) is 6.42 Å². The lowest BCUT2D eigenvalue weighted by Crippen LogP contribution is -2.55. The SMILES string of the molecule is N#C[C@@H]1CC[C@]2(CCCC2=O)C(=O)N1c1ccccc1. The summed E-state index contributed by atoms with van der Waals surface area (Å²) < 4.78 is 0. The molecule has 2 aliphatic rings. The predicted octanol–water partition coefficient (Wildman–Crippen LogP) is 2.44. The summed E-state index contributed by atoms with van der Waals surface area (Å²) in [5.41, 5.74) is -0.147. The highest BCUT2D eigenvalue weighted by Gasteiger charge is 2.54. The van der Waals surface area contributed by atoms with E-state index < -0.39 is 11.5 Å². The van der Waals surface area contributed by atoms with Gasteiger partial charge in [0.15, 0.2) is 0 Å². The van der Waals surface area contributed by atoms with Crippen LogP contribution in [0, 0.1) is 16.7 Å². The number of Topliss-reactive ketones (excluding diaryl/α,β-unsaturated/α-hetero) is 1. The molecule has 2 atom stereocenters. The molecule has 102 valence electrons. The van der Waals surface area contributed by atoms with Crippen LogP contribution in [0.4, 0.5) is 5.69 Å². The Morgan fingerprint density at radius 3 is 2.55 bits per heavy atom. The summed E-state index contributed by atoms with van der Waals surface area (Å²) in [6, 6.07) is 10.9. The number of benzene rings is 1. The van der Waals surface area contributed by atoms with Gasteiger partial charge in [-0.05, 0) is 37.8 Å². The molecule has 3 rings (SSSR count). The van der Waals surface area contributed by atoms with Gasteiger partial charge >= 0.3 is 0 Å². The van der Waals surface area contributed by atoms with Crippen LogP contribution in [0.25, 0.3) is 0 Å². The third kappa shape index (κ3) is 1.74. The third-order valence-corrected chi connectivity index (χ3v) is 4.51. The van der Waals surface area contributed by atoms with E-state index in [-0.39, 0.29) is 11.7 Å². The van der Waals surface area contributed by atoms with Gasteiger partial charge in [0, 0.05) is 12.1 Å². The number of hydrogen-bond acceptors (Lipinski definition) is 3. The molecule has 4 heteroatoms. The van der Waals surface area contributed by atoms with Gasteiger partial charge in [0.2, 0.25) is 5.91 Å². The van der Waals surface area contributed by atoms with Gasteiger partial charge in [-0.3, -0.25) is 14.5 Å². The Hall–Kier alpha value is -2.15. The minimum absolute atomic E-state index is 0.0554. The summed E-state index contributed by atoms with van der Waals surface area (Å²) in [7, 11) is 0. The van der Waals surface area contributed by atoms with Gasteiger partial charge in [0.05, 0.1) is 6.07 Å². The largest absolute Gasteiger partial charge is 0.299 e. The summed E-state index contributed by atoms with van der Waals surface area (Å²) in [5, 5.41) is 9.31. The van der Waals surface area contributed by atoms with Crippen LogP contribution in [0.5, 0.6) is 0 Å². The molecule has 1 saturated heterocycles. The Kier molecular flexibility index (Phi) is 3.06. The van der Waals surface area contributed by atoms with Crippen LogP contribution >= 0.6 is 0 Å². The van der Waals surface area contributed by atoms with Crippen LogP contribution in [0.15, 0.2) is 30.3 Å². The van der Waals surface area contributed by atoms with Gasteiger partial charge in [0.25, 0.3) is 0 Å². The molecule has 4 nitrogen and oxygen atoms in total. The topological polar surface area (TPSA) is 61.2 Å². The van der Waals surface area contributed by atoms with E-state index in [9.17, 15) is 14.9 Å². The van der Waals surface area contributed by atoms with Crippen molar-refractivity contribution in [2.24, 2.45) is 5.41 Å². The molecule has 0 unspecified atom stereocenters. The Balaban J connectivity index is 2.03. The number of amides is 1. The van der Waals surface area contributed by atoms with Crippen LogP contribution < -0.4 is 4.90 Å². The maximum Gasteiger partial charge on any atom is 0.241 e. The molecule has 1 aliphatic carbocycles. The van der Waals surface area contributed by atoms with Gasteiger partial charge in [-0.25, -0.2) is 0 Å². The summed E-state index contributed by atoms with van der Waals surface area (Å²) in [4.78, 5) is 26.6. The second-order valence-electron chi connectivity index (χ2n) is 5.55. The van der Waals surface area contributed by atoms with E-state index in [1.807, 2.05) is 30.3 Å². The van der Waals surface area contributed by atoms with Crippen molar-refractivity contribution in [1.82, 2.24) is 0 Å². The predicted molar refractivity (Wildman–Crippen MR) is 73.9 cm³/mol. The molecule has 2 fully saturated rings. The van der Waals surface area contributed by atoms with Gasteiger partial charge in [-0.1, -0.05) is 18.2 Å². The van der Waals surface area contributed by atoms with Crippen molar-refractivity contribution >= 4 is 17.4 Å². The normalized spacial score (nSPS) is 29.8. The van der Waals surface area contributed by atoms with Crippen molar-refractivity contribution in [3.63, 3.8) is 0 Å². The number of ketones is 1. The number of rotatable bonds is 1. The number of anilines is 1. The lowest BCUT2D eigenvalue weighted by Gasteiger charge is -2.41. The molecule has 1 amide bonds. The zero-order valence-electron chi connectivity index (χ0n) is 11.2. The van der Waals surface area contributed by atoms with E-state index in [4.69, 9.17) is 0 Å². The van der Waals surface area contributed by atoms with Crippen molar-refractivity contribution in [3.8, 4) is 6.07 Å². The Morgan fingerprint density at radius 1 is 1.20 bits per heavy atom. The standard InChI is InChI=1S/C16H16N2O2/c17-11-13-8-10-16(9-4-7-14(16)19)15(20)18(13)12-5-2-1-3-6-12/h1-3,5-6,13H,4,7-10H2/t13-,16-/m0/s1. The Morgan fingerprint density at radius 2 is 1.95 bits per heavy atom. The molecule has 1 spiro atoms. The van der Waals surface area contributed by atoms with Crippen LogP contribution in [-0.2, 0) is 9.59 Å². The van der Waals surface area contributed by atoms with Crippen molar-refractivity contribution in [3.05, 3.63) is 30.3 Å². The van der Waals surface area contributed by atoms with Gasteiger partial charge in [0.1, 0.15) is 17.2 Å². The Labute approximate surface area is 118 Å². The second kappa shape index (κ2) is 4.75. The quantitative estimate of drug-likeness (QED) is 0.735. The molecule has 0 aromatic heterocycles. The number of nitrogens with zero attached hydrogens (tertiary/aromatic N) is 2. The number of carbonyl (C=O) groups is 2. The van der Waals surface area contributed by atoms with E-state index in [2.05, 4.69) is 6.07 Å². The van der Waals surface area contributed by atoms with Gasteiger partial charge in [-0.2, -0.15) is 5.26 Å². The zero-order chi connectivity index (χ0) is 14.2. The number of piperidine rings is 1. The molecule has 1 aromatic rings. The first-order valence-electron chi connectivity index (χ1n) is 7.01. The number of para-hydroxylation sites is 1. The molecule has 1 aromatic carbocycles. The van der Waals surface area contributed by atoms with E-state index in [1.165, 1.54) is 4.90 Å². The molecule has 1 heterocycles. The first-order chi connectivity index (χ1) is 9.69. The highest BCUT2D eigenvalue weighted by molar-refractivity contribution is 6.14. The number of hydrogen-bond donors (Lipinski definition) is 0. The average Bonchev–Trinajstić information content (AvgIpc) is 2.85. The van der Waals surface area contributed by atoms with E-state index >= 15 is 0 Å². The fraction of sp³-hybridized carbons (Fsp3) is 0.438. The first kappa shape index (κ1) is 12.9. The van der Waals surface area contributed by atoms with Crippen LogP contribution in [0.2, 0.25) is 0 Å². The fourth-order valence-electron chi connectivity index (χ4n) is 3.42. The third-order valence-electron chi connectivity index (χ3n) is 4.51. The summed E-state index contributed by atoms with van der Waals surface area (Å²) in [6.45, 7) is 0. The minimum Gasteiger partial charge on any atom is -0.299 e. The molecular formula is C16H16N2O2. The Bertz CT molecular complexity index is 590. The van der Waals surface area contributed by atoms with Crippen molar-refractivity contribution < 1.29 is 9.59 Å². The number of nitriles is 1. The lowest BCUT2D eigenvalue weighted by molar-refractivity contribution is -0.140. The minimum atomic E-state index is -0.858. The van der Waals surface area contributed by atoms with Crippen molar-refractivity contribution in [1.29, 1.82) is 5.26 Å². The molecule has 20 heavy (non-hydrogen) atoms. The summed E-state index contributed by atoms with van der Waals surface area (Å²) in [6.07, 6.45) is 3.00. The maximum atomic E-state index is 12.9. The molecule has 0 N–H and O–H groups in total. The molecular weight excluding hydrogens is 252 g/mol. The van der Waals surface area contributed by atoms with Crippen molar-refractivity contribution in [2.75, 3.05) is 4.90 Å². The molecule has 0 bridgehead atoms. The highest BCUT2D eigenvalue weighted by Crippen LogP contribution is 2.45. The van der Waals surface area contributed by atoms with Gasteiger partial charge < -0.3 is 0 Å².